The number of hydrogen-bond acceptors (Lipinski definition) is 3. The van der Waals surface area contributed by atoms with Crippen molar-refractivity contribution in [3.05, 3.63) is 0 Å². The Hall–Kier alpha value is -0.120. The number of nitrogens with one attached hydrogen (secondary N) is 1. The van der Waals surface area contributed by atoms with Crippen molar-refractivity contribution in [3.63, 3.8) is 0 Å². The maximum absolute atomic E-state index is 5.63. The van der Waals surface area contributed by atoms with E-state index in [1.165, 1.54) is 12.8 Å². The smallest absolute Gasteiger partial charge is 0.0494 e. The fraction of sp³-hybridized carbons (Fsp3) is 1.00. The van der Waals surface area contributed by atoms with Gasteiger partial charge in [0.15, 0.2) is 0 Å². The van der Waals surface area contributed by atoms with E-state index in [0.717, 1.165) is 45.1 Å². The van der Waals surface area contributed by atoms with Crippen LogP contribution in [0.4, 0.5) is 0 Å². The molecular weight excluding hydrogens is 176 g/mol. The molecule has 0 aromatic heterocycles. The van der Waals surface area contributed by atoms with Gasteiger partial charge in [-0.05, 0) is 51.6 Å². The van der Waals surface area contributed by atoms with Gasteiger partial charge >= 0.3 is 0 Å². The second kappa shape index (κ2) is 7.21. The molecule has 3 heteroatoms. The summed E-state index contributed by atoms with van der Waals surface area (Å²) in [7, 11) is 0. The van der Waals surface area contributed by atoms with Gasteiger partial charge in [-0.25, -0.2) is 0 Å². The molecule has 0 radical (unpaired) electrons. The van der Waals surface area contributed by atoms with Crippen molar-refractivity contribution < 1.29 is 4.74 Å². The third-order valence-electron chi connectivity index (χ3n) is 2.47. The van der Waals surface area contributed by atoms with Gasteiger partial charge in [0.1, 0.15) is 0 Å². The van der Waals surface area contributed by atoms with Crippen LogP contribution in [0.25, 0.3) is 0 Å². The lowest BCUT2D eigenvalue weighted by Crippen LogP contribution is -2.25. The lowest BCUT2D eigenvalue weighted by Gasteiger charge is -2.07. The van der Waals surface area contributed by atoms with Gasteiger partial charge in [0, 0.05) is 19.3 Å². The quantitative estimate of drug-likeness (QED) is 0.549. The van der Waals surface area contributed by atoms with Gasteiger partial charge in [0.2, 0.25) is 0 Å². The van der Waals surface area contributed by atoms with E-state index in [-0.39, 0.29) is 0 Å². The summed E-state index contributed by atoms with van der Waals surface area (Å²) in [5.41, 5.74) is 5.63. The number of nitrogens with two attached hydrogens (primary N) is 1. The molecule has 0 saturated heterocycles. The Morgan fingerprint density at radius 2 is 2.21 bits per heavy atom. The van der Waals surface area contributed by atoms with Crippen LogP contribution in [0.1, 0.15) is 32.6 Å². The second-order valence-corrected chi connectivity index (χ2v) is 4.39. The molecule has 84 valence electrons. The Morgan fingerprint density at radius 3 is 2.86 bits per heavy atom. The Balaban J connectivity index is 1.66. The number of rotatable bonds is 9. The van der Waals surface area contributed by atoms with Gasteiger partial charge < -0.3 is 15.8 Å². The van der Waals surface area contributed by atoms with Crippen LogP contribution in [0.2, 0.25) is 0 Å². The lowest BCUT2D eigenvalue weighted by atomic mass is 10.2. The molecule has 0 spiro atoms. The van der Waals surface area contributed by atoms with Gasteiger partial charge in [-0.2, -0.15) is 0 Å². The molecule has 3 nitrogen and oxygen atoms in total. The van der Waals surface area contributed by atoms with Crippen molar-refractivity contribution >= 4 is 0 Å². The zero-order valence-corrected chi connectivity index (χ0v) is 9.30. The number of hydrogen-bond donors (Lipinski definition) is 2. The molecular formula is C11H24N2O. The van der Waals surface area contributed by atoms with Crippen molar-refractivity contribution in [1.82, 2.24) is 5.32 Å². The minimum absolute atomic E-state index is 0.314. The largest absolute Gasteiger partial charge is 0.381 e. The third-order valence-corrected chi connectivity index (χ3v) is 2.47. The zero-order chi connectivity index (χ0) is 10.2. The van der Waals surface area contributed by atoms with E-state index < -0.39 is 0 Å². The molecule has 1 unspecified atom stereocenters. The molecule has 1 saturated carbocycles. The normalized spacial score (nSPS) is 18.4. The molecule has 0 aliphatic heterocycles. The van der Waals surface area contributed by atoms with E-state index >= 15 is 0 Å². The highest BCUT2D eigenvalue weighted by molar-refractivity contribution is 4.71. The van der Waals surface area contributed by atoms with Crippen LogP contribution < -0.4 is 11.1 Å². The van der Waals surface area contributed by atoms with Crippen LogP contribution in [0.5, 0.6) is 0 Å². The Kier molecular flexibility index (Phi) is 6.15. The zero-order valence-electron chi connectivity index (χ0n) is 9.30. The maximum Gasteiger partial charge on any atom is 0.0494 e. The summed E-state index contributed by atoms with van der Waals surface area (Å²) in [6.45, 7) is 6.01. The lowest BCUT2D eigenvalue weighted by molar-refractivity contribution is 0.122. The van der Waals surface area contributed by atoms with Crippen LogP contribution in [-0.4, -0.2) is 32.3 Å². The molecule has 1 fully saturated rings. The first-order valence-electron chi connectivity index (χ1n) is 5.83. The molecule has 0 aromatic carbocycles. The predicted octanol–water partition coefficient (Wildman–Crippen LogP) is 1.13. The monoisotopic (exact) mass is 200 g/mol. The highest BCUT2D eigenvalue weighted by atomic mass is 16.5. The van der Waals surface area contributed by atoms with Crippen molar-refractivity contribution in [3.8, 4) is 0 Å². The van der Waals surface area contributed by atoms with Gasteiger partial charge in [-0.15, -0.1) is 0 Å². The van der Waals surface area contributed by atoms with Crippen molar-refractivity contribution in [1.29, 1.82) is 0 Å². The molecule has 0 amide bonds. The fourth-order valence-electron chi connectivity index (χ4n) is 1.29. The molecule has 1 atom stereocenters. The summed E-state index contributed by atoms with van der Waals surface area (Å²) >= 11 is 0. The van der Waals surface area contributed by atoms with Crippen molar-refractivity contribution in [2.24, 2.45) is 11.7 Å². The molecule has 1 aliphatic carbocycles. The molecule has 1 rings (SSSR count). The SMILES string of the molecule is CC(N)CCNCCCOCC1CC1. The second-order valence-electron chi connectivity index (χ2n) is 4.39. The van der Waals surface area contributed by atoms with E-state index in [2.05, 4.69) is 5.32 Å². The summed E-state index contributed by atoms with van der Waals surface area (Å²) in [4.78, 5) is 0. The van der Waals surface area contributed by atoms with Gasteiger partial charge in [-0.3, -0.25) is 0 Å². The molecule has 0 heterocycles. The molecule has 1 aliphatic rings. The highest BCUT2D eigenvalue weighted by Gasteiger charge is 2.20. The van der Waals surface area contributed by atoms with Crippen LogP contribution in [0, 0.1) is 5.92 Å². The third kappa shape index (κ3) is 7.30. The van der Waals surface area contributed by atoms with Crippen LogP contribution in [0.15, 0.2) is 0 Å². The number of ether oxygens (including phenoxy) is 1. The van der Waals surface area contributed by atoms with E-state index in [4.69, 9.17) is 10.5 Å². The molecule has 14 heavy (non-hydrogen) atoms. The van der Waals surface area contributed by atoms with E-state index in [9.17, 15) is 0 Å². The Labute approximate surface area is 87.4 Å². The maximum atomic E-state index is 5.63. The summed E-state index contributed by atoms with van der Waals surface area (Å²) in [6.07, 6.45) is 4.94. The standard InChI is InChI=1S/C11H24N2O/c1-10(12)5-7-13-6-2-8-14-9-11-3-4-11/h10-11,13H,2-9,12H2,1H3. The van der Waals surface area contributed by atoms with Crippen LogP contribution in [0.3, 0.4) is 0 Å². The van der Waals surface area contributed by atoms with Crippen LogP contribution >= 0.6 is 0 Å². The fourth-order valence-corrected chi connectivity index (χ4v) is 1.29. The highest BCUT2D eigenvalue weighted by Crippen LogP contribution is 2.28. The molecule has 3 N–H and O–H groups in total. The average molecular weight is 200 g/mol. The first-order valence-corrected chi connectivity index (χ1v) is 5.83. The topological polar surface area (TPSA) is 47.3 Å². The minimum atomic E-state index is 0.314. The van der Waals surface area contributed by atoms with Crippen molar-refractivity contribution in [2.75, 3.05) is 26.3 Å². The van der Waals surface area contributed by atoms with Crippen LogP contribution in [-0.2, 0) is 4.74 Å². The van der Waals surface area contributed by atoms with Crippen molar-refractivity contribution in [2.45, 2.75) is 38.6 Å². The van der Waals surface area contributed by atoms with Gasteiger partial charge in [0.05, 0.1) is 0 Å². The molecule has 0 bridgehead atoms. The molecule has 0 aromatic rings. The summed E-state index contributed by atoms with van der Waals surface area (Å²) in [5.74, 6) is 0.890. The summed E-state index contributed by atoms with van der Waals surface area (Å²) in [5, 5.41) is 3.36. The predicted molar refractivity (Wildman–Crippen MR) is 59.3 cm³/mol. The first-order chi connectivity index (χ1) is 6.79. The van der Waals surface area contributed by atoms with E-state index in [1.807, 2.05) is 6.92 Å². The summed E-state index contributed by atoms with van der Waals surface area (Å²) < 4.78 is 5.52. The summed E-state index contributed by atoms with van der Waals surface area (Å²) in [6, 6.07) is 0.314. The average Bonchev–Trinajstić information content (AvgIpc) is 2.92. The minimum Gasteiger partial charge on any atom is -0.381 e. The first kappa shape index (κ1) is 12.0. The Morgan fingerprint density at radius 1 is 1.43 bits per heavy atom. The van der Waals surface area contributed by atoms with Gasteiger partial charge in [0.25, 0.3) is 0 Å². The van der Waals surface area contributed by atoms with E-state index in [1.54, 1.807) is 0 Å². The van der Waals surface area contributed by atoms with Gasteiger partial charge in [-0.1, -0.05) is 0 Å². The van der Waals surface area contributed by atoms with E-state index in [0.29, 0.717) is 6.04 Å². The Bertz CT molecular complexity index is 127.